The van der Waals surface area contributed by atoms with E-state index in [0.717, 1.165) is 23.7 Å². The van der Waals surface area contributed by atoms with Crippen LogP contribution in [0.15, 0.2) is 24.3 Å². The molecule has 1 aromatic rings. The standard InChI is InChI=1S/C10H13NOS2/c1-14-7-6-12-9-4-2-8(3-5-9)10(11)13/h2-5H,6-7H2,1H3,(H2,11,13). The minimum Gasteiger partial charge on any atom is -0.493 e. The van der Waals surface area contributed by atoms with Crippen molar-refractivity contribution < 1.29 is 4.74 Å². The first-order valence-corrected chi connectivity index (χ1v) is 6.06. The summed E-state index contributed by atoms with van der Waals surface area (Å²) in [6.07, 6.45) is 2.05. The summed E-state index contributed by atoms with van der Waals surface area (Å²) in [7, 11) is 0. The van der Waals surface area contributed by atoms with Gasteiger partial charge in [0.15, 0.2) is 0 Å². The summed E-state index contributed by atoms with van der Waals surface area (Å²) in [6.45, 7) is 0.730. The highest BCUT2D eigenvalue weighted by Gasteiger charge is 1.96. The summed E-state index contributed by atoms with van der Waals surface area (Å²) in [5.74, 6) is 1.86. The topological polar surface area (TPSA) is 35.2 Å². The fourth-order valence-electron chi connectivity index (χ4n) is 0.958. The minimum absolute atomic E-state index is 0.417. The quantitative estimate of drug-likeness (QED) is 0.617. The van der Waals surface area contributed by atoms with Crippen molar-refractivity contribution in [3.05, 3.63) is 29.8 Å². The van der Waals surface area contributed by atoms with E-state index < -0.39 is 0 Å². The first-order chi connectivity index (χ1) is 6.74. The van der Waals surface area contributed by atoms with E-state index in [1.807, 2.05) is 24.3 Å². The fraction of sp³-hybridized carbons (Fsp3) is 0.300. The Labute approximate surface area is 93.8 Å². The van der Waals surface area contributed by atoms with Gasteiger partial charge in [-0.05, 0) is 30.5 Å². The maximum atomic E-state index is 5.48. The van der Waals surface area contributed by atoms with E-state index in [2.05, 4.69) is 6.26 Å². The third-order valence-corrected chi connectivity index (χ3v) is 2.51. The third kappa shape index (κ3) is 3.55. The molecule has 2 nitrogen and oxygen atoms in total. The molecular formula is C10H13NOS2. The maximum absolute atomic E-state index is 5.48. The number of rotatable bonds is 5. The predicted octanol–water partition coefficient (Wildman–Crippen LogP) is 2.06. The summed E-state index contributed by atoms with van der Waals surface area (Å²) in [5, 5.41) is 0. The van der Waals surface area contributed by atoms with Crippen LogP contribution in [-0.4, -0.2) is 23.6 Å². The van der Waals surface area contributed by atoms with Gasteiger partial charge in [0.05, 0.1) is 6.61 Å². The molecule has 0 fully saturated rings. The van der Waals surface area contributed by atoms with Crippen molar-refractivity contribution in [3.63, 3.8) is 0 Å². The Morgan fingerprint density at radius 1 is 1.43 bits per heavy atom. The van der Waals surface area contributed by atoms with Crippen LogP contribution >= 0.6 is 24.0 Å². The van der Waals surface area contributed by atoms with E-state index in [9.17, 15) is 0 Å². The van der Waals surface area contributed by atoms with Crippen molar-refractivity contribution in [3.8, 4) is 5.75 Å². The number of hydrogen-bond donors (Lipinski definition) is 1. The van der Waals surface area contributed by atoms with E-state index in [0.29, 0.717) is 4.99 Å². The minimum atomic E-state index is 0.417. The van der Waals surface area contributed by atoms with Crippen LogP contribution in [0.1, 0.15) is 5.56 Å². The van der Waals surface area contributed by atoms with Gasteiger partial charge < -0.3 is 10.5 Å². The van der Waals surface area contributed by atoms with Gasteiger partial charge in [-0.25, -0.2) is 0 Å². The highest BCUT2D eigenvalue weighted by Crippen LogP contribution is 2.12. The normalized spacial score (nSPS) is 9.79. The van der Waals surface area contributed by atoms with Crippen LogP contribution in [0.4, 0.5) is 0 Å². The highest BCUT2D eigenvalue weighted by molar-refractivity contribution is 7.98. The van der Waals surface area contributed by atoms with Gasteiger partial charge in [-0.1, -0.05) is 12.2 Å². The van der Waals surface area contributed by atoms with E-state index >= 15 is 0 Å². The van der Waals surface area contributed by atoms with Gasteiger partial charge in [-0.2, -0.15) is 11.8 Å². The maximum Gasteiger partial charge on any atom is 0.119 e. The summed E-state index contributed by atoms with van der Waals surface area (Å²) < 4.78 is 5.48. The molecule has 0 atom stereocenters. The van der Waals surface area contributed by atoms with Crippen LogP contribution in [-0.2, 0) is 0 Å². The molecule has 0 heterocycles. The zero-order chi connectivity index (χ0) is 10.4. The molecule has 14 heavy (non-hydrogen) atoms. The van der Waals surface area contributed by atoms with Gasteiger partial charge >= 0.3 is 0 Å². The lowest BCUT2D eigenvalue weighted by Crippen LogP contribution is -2.09. The third-order valence-electron chi connectivity index (χ3n) is 1.70. The molecule has 0 saturated carbocycles. The second kappa shape index (κ2) is 5.88. The molecule has 1 aromatic carbocycles. The molecule has 2 N–H and O–H groups in total. The predicted molar refractivity (Wildman–Crippen MR) is 66.2 cm³/mol. The van der Waals surface area contributed by atoms with Crippen molar-refractivity contribution in [2.75, 3.05) is 18.6 Å². The molecule has 0 saturated heterocycles. The van der Waals surface area contributed by atoms with Gasteiger partial charge in [0.25, 0.3) is 0 Å². The second-order valence-electron chi connectivity index (χ2n) is 2.73. The summed E-state index contributed by atoms with van der Waals surface area (Å²) in [6, 6.07) is 7.51. The average Bonchev–Trinajstić information content (AvgIpc) is 2.19. The van der Waals surface area contributed by atoms with Crippen molar-refractivity contribution >= 4 is 29.0 Å². The second-order valence-corrected chi connectivity index (χ2v) is 4.16. The lowest BCUT2D eigenvalue weighted by Gasteiger charge is -2.05. The molecular weight excluding hydrogens is 214 g/mol. The molecule has 76 valence electrons. The van der Waals surface area contributed by atoms with E-state index in [-0.39, 0.29) is 0 Å². The van der Waals surface area contributed by atoms with Crippen LogP contribution in [0, 0.1) is 0 Å². The van der Waals surface area contributed by atoms with E-state index in [4.69, 9.17) is 22.7 Å². The van der Waals surface area contributed by atoms with Crippen molar-refractivity contribution in [1.29, 1.82) is 0 Å². The Kier molecular flexibility index (Phi) is 4.76. The van der Waals surface area contributed by atoms with Gasteiger partial charge in [0, 0.05) is 11.3 Å². The van der Waals surface area contributed by atoms with Crippen LogP contribution in [0.5, 0.6) is 5.75 Å². The molecule has 0 aliphatic carbocycles. The molecule has 0 aliphatic heterocycles. The zero-order valence-electron chi connectivity index (χ0n) is 8.03. The van der Waals surface area contributed by atoms with Gasteiger partial charge in [-0.15, -0.1) is 0 Å². The smallest absolute Gasteiger partial charge is 0.119 e. The number of thioether (sulfide) groups is 1. The summed E-state index contributed by atoms with van der Waals surface area (Å²) in [4.78, 5) is 0.417. The average molecular weight is 227 g/mol. The monoisotopic (exact) mass is 227 g/mol. The van der Waals surface area contributed by atoms with Crippen molar-refractivity contribution in [2.45, 2.75) is 0 Å². The Hall–Kier alpha value is -0.740. The SMILES string of the molecule is CSCCOc1ccc(C(N)=S)cc1. The molecule has 0 amide bonds. The molecule has 0 spiro atoms. The van der Waals surface area contributed by atoms with E-state index in [1.165, 1.54) is 0 Å². The number of nitrogens with two attached hydrogens (primary N) is 1. The molecule has 4 heteroatoms. The first kappa shape index (κ1) is 11.3. The molecule has 1 rings (SSSR count). The Morgan fingerprint density at radius 2 is 2.07 bits per heavy atom. The molecule has 0 radical (unpaired) electrons. The molecule has 0 unspecified atom stereocenters. The molecule has 0 aliphatic rings. The van der Waals surface area contributed by atoms with Gasteiger partial charge in [0.1, 0.15) is 10.7 Å². The number of hydrogen-bond acceptors (Lipinski definition) is 3. The van der Waals surface area contributed by atoms with Crippen LogP contribution in [0.2, 0.25) is 0 Å². The molecule has 0 bridgehead atoms. The summed E-state index contributed by atoms with van der Waals surface area (Å²) in [5.41, 5.74) is 6.35. The Balaban J connectivity index is 2.51. The number of benzene rings is 1. The van der Waals surface area contributed by atoms with Crippen molar-refractivity contribution in [1.82, 2.24) is 0 Å². The van der Waals surface area contributed by atoms with Crippen LogP contribution < -0.4 is 10.5 Å². The lowest BCUT2D eigenvalue weighted by atomic mass is 10.2. The van der Waals surface area contributed by atoms with Crippen LogP contribution in [0.25, 0.3) is 0 Å². The summed E-state index contributed by atoms with van der Waals surface area (Å²) >= 11 is 6.61. The van der Waals surface area contributed by atoms with E-state index in [1.54, 1.807) is 11.8 Å². The molecule has 0 aromatic heterocycles. The highest BCUT2D eigenvalue weighted by atomic mass is 32.2. The largest absolute Gasteiger partial charge is 0.493 e. The first-order valence-electron chi connectivity index (χ1n) is 4.25. The number of ether oxygens (including phenoxy) is 1. The van der Waals surface area contributed by atoms with Gasteiger partial charge in [0.2, 0.25) is 0 Å². The fourth-order valence-corrected chi connectivity index (χ4v) is 1.34. The number of thiocarbonyl (C=S) groups is 1. The van der Waals surface area contributed by atoms with Crippen molar-refractivity contribution in [2.24, 2.45) is 5.73 Å². The Morgan fingerprint density at radius 3 is 2.57 bits per heavy atom. The van der Waals surface area contributed by atoms with Crippen LogP contribution in [0.3, 0.4) is 0 Å². The lowest BCUT2D eigenvalue weighted by molar-refractivity contribution is 0.344. The Bertz CT molecular complexity index is 297. The van der Waals surface area contributed by atoms with Gasteiger partial charge in [-0.3, -0.25) is 0 Å². The zero-order valence-corrected chi connectivity index (χ0v) is 9.66.